The molecule has 10 heteroatoms. The number of aromatic amines is 1. The number of H-pyrrole nitrogens is 1. The van der Waals surface area contributed by atoms with E-state index in [1.54, 1.807) is 18.3 Å². The first kappa shape index (κ1) is 19.1. The highest BCUT2D eigenvalue weighted by Crippen LogP contribution is 2.35. The monoisotopic (exact) mass is 411 g/mol. The van der Waals surface area contributed by atoms with E-state index in [9.17, 15) is 13.0 Å². The van der Waals surface area contributed by atoms with Gasteiger partial charge in [0.25, 0.3) is 6.43 Å². The summed E-state index contributed by atoms with van der Waals surface area (Å²) >= 11 is 12.8. The van der Waals surface area contributed by atoms with Crippen LogP contribution in [0.3, 0.4) is 0 Å². The molecule has 3 aromatic rings. The number of halogens is 4. The lowest BCUT2D eigenvalue weighted by molar-refractivity contribution is 0.151. The summed E-state index contributed by atoms with van der Waals surface area (Å²) in [6, 6.07) is 3.24. The summed E-state index contributed by atoms with van der Waals surface area (Å²) in [6.07, 6.45) is 0.0536. The lowest BCUT2D eigenvalue weighted by Gasteiger charge is -2.06. The van der Waals surface area contributed by atoms with E-state index in [0.29, 0.717) is 38.0 Å². The van der Waals surface area contributed by atoms with Crippen molar-refractivity contribution in [3.8, 4) is 0 Å². The van der Waals surface area contributed by atoms with Crippen molar-refractivity contribution < 1.29 is 13.0 Å². The first-order valence-corrected chi connectivity index (χ1v) is 9.57. The molecule has 0 aliphatic carbocycles. The fourth-order valence-electron chi connectivity index (χ4n) is 1.86. The van der Waals surface area contributed by atoms with Crippen molar-refractivity contribution in [1.82, 2.24) is 9.97 Å². The third-order valence-corrected chi connectivity index (χ3v) is 5.80. The first-order valence-electron chi connectivity index (χ1n) is 6.84. The Morgan fingerprint density at radius 1 is 1.29 bits per heavy atom. The maximum atomic E-state index is 12.5. The van der Waals surface area contributed by atoms with Crippen LogP contribution < -0.4 is 4.72 Å². The van der Waals surface area contributed by atoms with Gasteiger partial charge in [0, 0.05) is 11.6 Å². The summed E-state index contributed by atoms with van der Waals surface area (Å²) in [5.74, 6) is 0. The van der Waals surface area contributed by atoms with E-state index in [-0.39, 0.29) is 9.22 Å². The van der Waals surface area contributed by atoms with Crippen LogP contribution in [-0.2, 0) is 11.0 Å². The van der Waals surface area contributed by atoms with Crippen LogP contribution in [0.2, 0.25) is 10.0 Å². The number of alkyl halides is 2. The molecule has 0 radical (unpaired) electrons. The van der Waals surface area contributed by atoms with Gasteiger partial charge >= 0.3 is 0 Å². The Morgan fingerprint density at radius 2 is 2.00 bits per heavy atom. The van der Waals surface area contributed by atoms with Gasteiger partial charge in [-0.15, -0.1) is 11.3 Å². The molecule has 0 amide bonds. The molecule has 0 saturated carbocycles. The Balaban J connectivity index is 0.00000100. The van der Waals surface area contributed by atoms with E-state index in [4.69, 9.17) is 23.2 Å². The number of thiazole rings is 1. The Hall–Kier alpha value is -1.22. The second kappa shape index (κ2) is 8.24. The van der Waals surface area contributed by atoms with E-state index in [1.807, 2.05) is 13.8 Å². The van der Waals surface area contributed by atoms with E-state index >= 15 is 0 Å². The molecule has 0 aliphatic heterocycles. The van der Waals surface area contributed by atoms with E-state index in [1.165, 1.54) is 6.20 Å². The second-order valence-electron chi connectivity index (χ2n) is 4.17. The molecule has 1 unspecified atom stereocenters. The average Bonchev–Trinajstić information content (AvgIpc) is 3.20. The van der Waals surface area contributed by atoms with E-state index < -0.39 is 17.4 Å². The van der Waals surface area contributed by atoms with Crippen molar-refractivity contribution in [3.05, 3.63) is 39.6 Å². The van der Waals surface area contributed by atoms with Crippen LogP contribution in [0, 0.1) is 0 Å². The zero-order valence-electron chi connectivity index (χ0n) is 12.6. The van der Waals surface area contributed by atoms with Gasteiger partial charge in [-0.05, 0) is 12.1 Å². The van der Waals surface area contributed by atoms with Gasteiger partial charge in [0.05, 0.1) is 27.4 Å². The van der Waals surface area contributed by atoms with Gasteiger partial charge in [-0.2, -0.15) is 0 Å². The maximum absolute atomic E-state index is 12.5. The normalized spacial score (nSPS) is 12.1. The largest absolute Gasteiger partial charge is 0.358 e. The van der Waals surface area contributed by atoms with Crippen molar-refractivity contribution in [1.29, 1.82) is 0 Å². The summed E-state index contributed by atoms with van der Waals surface area (Å²) in [7, 11) is -1.72. The highest BCUT2D eigenvalue weighted by atomic mass is 35.5. The van der Waals surface area contributed by atoms with Gasteiger partial charge in [-0.3, -0.25) is 4.72 Å². The predicted molar refractivity (Wildman–Crippen MR) is 96.8 cm³/mol. The van der Waals surface area contributed by atoms with Gasteiger partial charge in [0.1, 0.15) is 4.21 Å². The van der Waals surface area contributed by atoms with Crippen molar-refractivity contribution in [2.75, 3.05) is 4.72 Å². The van der Waals surface area contributed by atoms with Gasteiger partial charge in [0.15, 0.2) is 16.0 Å². The van der Waals surface area contributed by atoms with Crippen LogP contribution in [0.15, 0.2) is 28.7 Å². The number of hydrogen-bond donors (Lipinski definition) is 2. The SMILES string of the molecule is CC.O=S(Nc1ccc(Cl)c2c(Cl)c[nH]c12)c1cnc(C(F)F)s1. The molecular formula is C14H13Cl2F2N3OS2. The molecule has 2 N–H and O–H groups in total. The van der Waals surface area contributed by atoms with Crippen LogP contribution in [0.4, 0.5) is 14.5 Å². The van der Waals surface area contributed by atoms with Gasteiger partial charge in [-0.1, -0.05) is 37.0 Å². The molecule has 0 aliphatic rings. The minimum absolute atomic E-state index is 0.205. The molecule has 1 aromatic carbocycles. The molecule has 0 bridgehead atoms. The van der Waals surface area contributed by atoms with Gasteiger partial charge < -0.3 is 4.98 Å². The first-order chi connectivity index (χ1) is 11.5. The summed E-state index contributed by atoms with van der Waals surface area (Å²) in [5, 5.41) is 1.12. The third kappa shape index (κ3) is 3.88. The van der Waals surface area contributed by atoms with Crippen LogP contribution in [-0.4, -0.2) is 14.2 Å². The zero-order chi connectivity index (χ0) is 17.9. The number of benzene rings is 1. The fourth-order valence-corrected chi connectivity index (χ4v) is 4.23. The van der Waals surface area contributed by atoms with Crippen molar-refractivity contribution in [2.24, 2.45) is 0 Å². The molecule has 0 saturated heterocycles. The van der Waals surface area contributed by atoms with Crippen molar-refractivity contribution in [2.45, 2.75) is 24.5 Å². The molecule has 4 nitrogen and oxygen atoms in total. The molecule has 0 fully saturated rings. The highest BCUT2D eigenvalue weighted by Gasteiger charge is 2.17. The number of fused-ring (bicyclic) bond motifs is 1. The van der Waals surface area contributed by atoms with Crippen LogP contribution in [0.25, 0.3) is 10.9 Å². The van der Waals surface area contributed by atoms with Crippen molar-refractivity contribution in [3.63, 3.8) is 0 Å². The summed E-state index contributed by atoms with van der Waals surface area (Å²) in [5.41, 5.74) is 1.08. The van der Waals surface area contributed by atoms with Crippen LogP contribution >= 0.6 is 34.5 Å². The Labute approximate surface area is 153 Å². The lowest BCUT2D eigenvalue weighted by atomic mass is 10.2. The zero-order valence-corrected chi connectivity index (χ0v) is 15.7. The summed E-state index contributed by atoms with van der Waals surface area (Å²) in [6.45, 7) is 4.00. The number of nitrogens with zero attached hydrogens (tertiary/aromatic N) is 1. The highest BCUT2D eigenvalue weighted by molar-refractivity contribution is 7.88. The minimum Gasteiger partial charge on any atom is -0.358 e. The molecular weight excluding hydrogens is 399 g/mol. The van der Waals surface area contributed by atoms with Crippen LogP contribution in [0.5, 0.6) is 0 Å². The Morgan fingerprint density at radius 3 is 2.62 bits per heavy atom. The standard InChI is InChI=1S/C12H7Cl2F2N3OS2.C2H6/c13-5-1-2-7(10-9(5)6(14)3-17-10)19-22(20)8-4-18-12(21-8)11(15)16;1-2/h1-4,11,17,19H;1-2H3. The smallest absolute Gasteiger partial charge is 0.289 e. The molecule has 130 valence electrons. The average molecular weight is 412 g/mol. The van der Waals surface area contributed by atoms with Crippen LogP contribution in [0.1, 0.15) is 25.3 Å². The minimum atomic E-state index is -2.68. The number of hydrogen-bond acceptors (Lipinski definition) is 3. The Kier molecular flexibility index (Phi) is 6.56. The van der Waals surface area contributed by atoms with Crippen molar-refractivity contribution >= 4 is 62.1 Å². The number of nitrogens with one attached hydrogen (secondary N) is 2. The number of anilines is 1. The fraction of sp³-hybridized carbons (Fsp3) is 0.214. The molecule has 1 atom stereocenters. The van der Waals surface area contributed by atoms with Gasteiger partial charge in [0.2, 0.25) is 0 Å². The number of rotatable bonds is 4. The lowest BCUT2D eigenvalue weighted by Crippen LogP contribution is -2.03. The quantitative estimate of drug-likeness (QED) is 0.550. The number of aromatic nitrogens is 2. The van der Waals surface area contributed by atoms with E-state index in [2.05, 4.69) is 14.7 Å². The molecule has 3 rings (SSSR count). The molecule has 2 heterocycles. The second-order valence-corrected chi connectivity index (χ2v) is 7.49. The van der Waals surface area contributed by atoms with E-state index in [0.717, 1.165) is 0 Å². The third-order valence-electron chi connectivity index (χ3n) is 2.81. The molecule has 0 spiro atoms. The predicted octanol–water partition coefficient (Wildman–Crippen LogP) is 6.03. The molecule has 24 heavy (non-hydrogen) atoms. The topological polar surface area (TPSA) is 57.8 Å². The molecule has 2 aromatic heterocycles. The summed E-state index contributed by atoms with van der Waals surface area (Å²) < 4.78 is 40.2. The summed E-state index contributed by atoms with van der Waals surface area (Å²) in [4.78, 5) is 6.48. The maximum Gasteiger partial charge on any atom is 0.289 e. The Bertz CT molecular complexity index is 867. The van der Waals surface area contributed by atoms with Gasteiger partial charge in [-0.25, -0.2) is 18.0 Å².